The van der Waals surface area contributed by atoms with E-state index in [1.165, 1.54) is 5.56 Å². The van der Waals surface area contributed by atoms with Crippen LogP contribution in [0.15, 0.2) is 48.5 Å². The molecule has 0 spiro atoms. The summed E-state index contributed by atoms with van der Waals surface area (Å²) in [6.07, 6.45) is 2.21. The molecule has 0 aliphatic heterocycles. The third-order valence-electron chi connectivity index (χ3n) is 3.85. The fourth-order valence-corrected chi connectivity index (χ4v) is 2.60. The monoisotopic (exact) mass is 311 g/mol. The Hall–Kier alpha value is -2.29. The molecule has 0 aliphatic rings. The number of benzene rings is 2. The van der Waals surface area contributed by atoms with Crippen molar-refractivity contribution in [1.29, 1.82) is 0 Å². The number of methoxy groups -OCH3 is 1. The molecule has 0 N–H and O–H groups in total. The molecule has 0 atom stereocenters. The van der Waals surface area contributed by atoms with Crippen LogP contribution in [0.3, 0.4) is 0 Å². The van der Waals surface area contributed by atoms with Gasteiger partial charge < -0.3 is 9.64 Å². The van der Waals surface area contributed by atoms with Crippen LogP contribution in [0.1, 0.15) is 30.9 Å². The molecule has 0 fully saturated rings. The van der Waals surface area contributed by atoms with Crippen LogP contribution in [0, 0.1) is 6.92 Å². The highest BCUT2D eigenvalue weighted by atomic mass is 16.5. The van der Waals surface area contributed by atoms with Crippen molar-refractivity contribution in [3.8, 4) is 5.75 Å². The van der Waals surface area contributed by atoms with Crippen molar-refractivity contribution >= 4 is 11.6 Å². The van der Waals surface area contributed by atoms with Crippen molar-refractivity contribution in [3.05, 3.63) is 59.7 Å². The number of carbonyl (C=O) groups is 1. The van der Waals surface area contributed by atoms with Gasteiger partial charge in [0.15, 0.2) is 0 Å². The summed E-state index contributed by atoms with van der Waals surface area (Å²) in [5.41, 5.74) is 3.32. The molecule has 0 aliphatic carbocycles. The van der Waals surface area contributed by atoms with Crippen LogP contribution in [-0.4, -0.2) is 19.6 Å². The summed E-state index contributed by atoms with van der Waals surface area (Å²) in [5.74, 6) is 1.01. The highest BCUT2D eigenvalue weighted by Crippen LogP contribution is 2.19. The Morgan fingerprint density at radius 3 is 2.48 bits per heavy atom. The number of anilines is 1. The number of nitrogens with zero attached hydrogens (tertiary/aromatic N) is 1. The van der Waals surface area contributed by atoms with Gasteiger partial charge in [-0.1, -0.05) is 31.2 Å². The molecule has 0 radical (unpaired) electrons. The van der Waals surface area contributed by atoms with E-state index in [1.807, 2.05) is 41.3 Å². The SMILES string of the molecule is CCCN(C(=O)CCc1ccc(OC)cc1)c1cccc(C)c1. The molecule has 1 amide bonds. The molecular formula is C20H25NO2. The first kappa shape index (κ1) is 17.1. The van der Waals surface area contributed by atoms with Crippen LogP contribution in [0.4, 0.5) is 5.69 Å². The van der Waals surface area contributed by atoms with Crippen LogP contribution in [0.25, 0.3) is 0 Å². The van der Waals surface area contributed by atoms with E-state index in [2.05, 4.69) is 26.0 Å². The van der Waals surface area contributed by atoms with Gasteiger partial charge >= 0.3 is 0 Å². The predicted octanol–water partition coefficient (Wildman–Crippen LogP) is 4.38. The predicted molar refractivity (Wildman–Crippen MR) is 95.1 cm³/mol. The van der Waals surface area contributed by atoms with E-state index in [-0.39, 0.29) is 5.91 Å². The Bertz CT molecular complexity index is 634. The van der Waals surface area contributed by atoms with Gasteiger partial charge in [0, 0.05) is 18.7 Å². The number of carbonyl (C=O) groups excluding carboxylic acids is 1. The normalized spacial score (nSPS) is 10.4. The lowest BCUT2D eigenvalue weighted by atomic mass is 10.1. The highest BCUT2D eigenvalue weighted by molar-refractivity contribution is 5.93. The Kier molecular flexibility index (Phi) is 6.21. The van der Waals surface area contributed by atoms with Gasteiger partial charge in [-0.25, -0.2) is 0 Å². The smallest absolute Gasteiger partial charge is 0.227 e. The van der Waals surface area contributed by atoms with Crippen molar-refractivity contribution in [2.24, 2.45) is 0 Å². The van der Waals surface area contributed by atoms with Crippen LogP contribution in [-0.2, 0) is 11.2 Å². The molecule has 0 saturated heterocycles. The summed E-state index contributed by atoms with van der Waals surface area (Å²) in [6, 6.07) is 16.0. The van der Waals surface area contributed by atoms with E-state index in [1.54, 1.807) is 7.11 Å². The van der Waals surface area contributed by atoms with Crippen molar-refractivity contribution in [3.63, 3.8) is 0 Å². The average molecular weight is 311 g/mol. The number of aryl methyl sites for hydroxylation is 2. The molecule has 122 valence electrons. The maximum atomic E-state index is 12.6. The van der Waals surface area contributed by atoms with Crippen molar-refractivity contribution in [2.45, 2.75) is 33.1 Å². The first-order valence-corrected chi connectivity index (χ1v) is 8.14. The molecule has 3 heteroatoms. The second kappa shape index (κ2) is 8.37. The fourth-order valence-electron chi connectivity index (χ4n) is 2.60. The van der Waals surface area contributed by atoms with Crippen molar-refractivity contribution in [1.82, 2.24) is 0 Å². The highest BCUT2D eigenvalue weighted by Gasteiger charge is 2.14. The van der Waals surface area contributed by atoms with Crippen LogP contribution in [0.2, 0.25) is 0 Å². The summed E-state index contributed by atoms with van der Waals surface area (Å²) in [5, 5.41) is 0. The summed E-state index contributed by atoms with van der Waals surface area (Å²) in [6.45, 7) is 4.90. The van der Waals surface area contributed by atoms with Crippen LogP contribution >= 0.6 is 0 Å². The molecule has 0 heterocycles. The summed E-state index contributed by atoms with van der Waals surface area (Å²) >= 11 is 0. The van der Waals surface area contributed by atoms with Gasteiger partial charge in [0.25, 0.3) is 0 Å². The zero-order valence-corrected chi connectivity index (χ0v) is 14.2. The van der Waals surface area contributed by atoms with E-state index >= 15 is 0 Å². The number of hydrogen-bond donors (Lipinski definition) is 0. The van der Waals surface area contributed by atoms with Crippen LogP contribution < -0.4 is 9.64 Å². The topological polar surface area (TPSA) is 29.5 Å². The van der Waals surface area contributed by atoms with E-state index in [0.29, 0.717) is 6.42 Å². The van der Waals surface area contributed by atoms with Crippen LogP contribution in [0.5, 0.6) is 5.75 Å². The lowest BCUT2D eigenvalue weighted by molar-refractivity contribution is -0.118. The first-order valence-electron chi connectivity index (χ1n) is 8.14. The van der Waals surface area contributed by atoms with Gasteiger partial charge in [-0.3, -0.25) is 4.79 Å². The molecule has 0 saturated carbocycles. The number of amides is 1. The largest absolute Gasteiger partial charge is 0.497 e. The molecule has 2 aromatic carbocycles. The zero-order chi connectivity index (χ0) is 16.7. The number of rotatable bonds is 7. The lowest BCUT2D eigenvalue weighted by Crippen LogP contribution is -2.31. The van der Waals surface area contributed by atoms with Gasteiger partial charge in [-0.2, -0.15) is 0 Å². The zero-order valence-electron chi connectivity index (χ0n) is 14.2. The molecular weight excluding hydrogens is 286 g/mol. The molecule has 23 heavy (non-hydrogen) atoms. The lowest BCUT2D eigenvalue weighted by Gasteiger charge is -2.23. The minimum atomic E-state index is 0.174. The first-order chi connectivity index (χ1) is 11.1. The molecule has 0 bridgehead atoms. The standard InChI is InChI=1S/C20H25NO2/c1-4-14-21(18-7-5-6-16(2)15-18)20(22)13-10-17-8-11-19(23-3)12-9-17/h5-9,11-12,15H,4,10,13-14H2,1-3H3. The summed E-state index contributed by atoms with van der Waals surface area (Å²) in [4.78, 5) is 14.5. The van der Waals surface area contributed by atoms with Gasteiger partial charge in [0.05, 0.1) is 7.11 Å². The molecule has 3 nitrogen and oxygen atoms in total. The van der Waals surface area contributed by atoms with E-state index in [4.69, 9.17) is 4.74 Å². The van der Waals surface area contributed by atoms with Gasteiger partial charge in [0.2, 0.25) is 5.91 Å². The van der Waals surface area contributed by atoms with Crippen molar-refractivity contribution in [2.75, 3.05) is 18.6 Å². The fraction of sp³-hybridized carbons (Fsp3) is 0.350. The van der Waals surface area contributed by atoms with E-state index in [9.17, 15) is 4.79 Å². The van der Waals surface area contributed by atoms with Gasteiger partial charge in [-0.15, -0.1) is 0 Å². The third-order valence-corrected chi connectivity index (χ3v) is 3.85. The van der Waals surface area contributed by atoms with E-state index in [0.717, 1.165) is 36.4 Å². The summed E-state index contributed by atoms with van der Waals surface area (Å²) in [7, 11) is 1.66. The Morgan fingerprint density at radius 2 is 1.87 bits per heavy atom. The number of ether oxygens (including phenoxy) is 1. The Labute approximate surface area is 138 Å². The minimum Gasteiger partial charge on any atom is -0.497 e. The summed E-state index contributed by atoms with van der Waals surface area (Å²) < 4.78 is 5.16. The second-order valence-corrected chi connectivity index (χ2v) is 5.73. The molecule has 0 aromatic heterocycles. The van der Waals surface area contributed by atoms with Gasteiger partial charge in [0.1, 0.15) is 5.75 Å². The van der Waals surface area contributed by atoms with Crippen molar-refractivity contribution < 1.29 is 9.53 Å². The molecule has 0 unspecified atom stereocenters. The number of hydrogen-bond acceptors (Lipinski definition) is 2. The Morgan fingerprint density at radius 1 is 1.13 bits per heavy atom. The maximum Gasteiger partial charge on any atom is 0.227 e. The maximum absolute atomic E-state index is 12.6. The van der Waals surface area contributed by atoms with Gasteiger partial charge in [-0.05, 0) is 55.2 Å². The second-order valence-electron chi connectivity index (χ2n) is 5.73. The molecule has 2 aromatic rings. The molecule has 2 rings (SSSR count). The minimum absolute atomic E-state index is 0.174. The third kappa shape index (κ3) is 4.85. The Balaban J connectivity index is 2.03. The van der Waals surface area contributed by atoms with E-state index < -0.39 is 0 Å². The quantitative estimate of drug-likeness (QED) is 0.759. The average Bonchev–Trinajstić information content (AvgIpc) is 2.58.